The summed E-state index contributed by atoms with van der Waals surface area (Å²) in [6.45, 7) is 0. The zero-order chi connectivity index (χ0) is 14.1. The van der Waals surface area contributed by atoms with Crippen LogP contribution in [0.15, 0.2) is 22.3 Å². The fraction of sp³-hybridized carbons (Fsp3) is 0.333. The third kappa shape index (κ3) is 2.30. The molecule has 3 rings (SSSR count). The van der Waals surface area contributed by atoms with E-state index in [-0.39, 0.29) is 22.6 Å². The number of terminal acetylenes is 1. The predicted molar refractivity (Wildman–Crippen MR) is 78.5 cm³/mol. The van der Waals surface area contributed by atoms with Gasteiger partial charge in [0.25, 0.3) is 0 Å². The lowest BCUT2D eigenvalue weighted by atomic mass is 9.90. The summed E-state index contributed by atoms with van der Waals surface area (Å²) < 4.78 is 13.9. The molecule has 0 bridgehead atoms. The van der Waals surface area contributed by atoms with E-state index < -0.39 is 5.82 Å². The lowest BCUT2D eigenvalue weighted by molar-refractivity contribution is 0.543. The fourth-order valence-electron chi connectivity index (χ4n) is 2.62. The first-order valence-corrected chi connectivity index (χ1v) is 6.92. The number of hydrogen-bond acceptors (Lipinski definition) is 3. The molecule has 0 amide bonds. The molecule has 20 heavy (non-hydrogen) atoms. The molecule has 2 heterocycles. The van der Waals surface area contributed by atoms with Crippen molar-refractivity contribution >= 4 is 23.6 Å². The highest BCUT2D eigenvalue weighted by Crippen LogP contribution is 2.32. The van der Waals surface area contributed by atoms with E-state index in [1.165, 1.54) is 18.1 Å². The zero-order valence-corrected chi connectivity index (χ0v) is 11.5. The molecule has 1 aliphatic carbocycles. The van der Waals surface area contributed by atoms with Crippen molar-refractivity contribution in [3.8, 4) is 12.3 Å². The van der Waals surface area contributed by atoms with Gasteiger partial charge in [-0.25, -0.2) is 9.37 Å². The molecule has 3 nitrogen and oxygen atoms in total. The van der Waals surface area contributed by atoms with Crippen molar-refractivity contribution in [3.05, 3.63) is 33.9 Å². The molecule has 1 saturated carbocycles. The Labute approximate surface area is 122 Å². The summed E-state index contributed by atoms with van der Waals surface area (Å²) in [5.41, 5.74) is 2.32. The zero-order valence-electron chi connectivity index (χ0n) is 10.8. The normalized spacial score (nSPS) is 20.8. The lowest BCUT2D eigenvalue weighted by Crippen LogP contribution is -2.14. The largest absolute Gasteiger partial charge is 0.336 e. The van der Waals surface area contributed by atoms with E-state index in [1.807, 2.05) is 0 Å². The quantitative estimate of drug-likeness (QED) is 0.668. The van der Waals surface area contributed by atoms with Crippen molar-refractivity contribution < 1.29 is 4.39 Å². The minimum Gasteiger partial charge on any atom is -0.336 e. The lowest BCUT2D eigenvalue weighted by Gasteiger charge is -2.19. The molecule has 1 fully saturated rings. The summed E-state index contributed by atoms with van der Waals surface area (Å²) in [7, 11) is 0. The maximum absolute atomic E-state index is 13.9. The maximum Gasteiger partial charge on any atom is 0.168 e. The van der Waals surface area contributed by atoms with Gasteiger partial charge >= 0.3 is 0 Å². The average molecular weight is 290 g/mol. The Morgan fingerprint density at radius 1 is 1.45 bits per heavy atom. The third-order valence-electron chi connectivity index (χ3n) is 3.64. The van der Waals surface area contributed by atoms with Crippen LogP contribution in [0.2, 0.25) is 5.15 Å². The van der Waals surface area contributed by atoms with Crippen LogP contribution in [0.4, 0.5) is 10.2 Å². The smallest absolute Gasteiger partial charge is 0.168 e. The summed E-state index contributed by atoms with van der Waals surface area (Å²) in [6.07, 6.45) is 11.4. The van der Waals surface area contributed by atoms with E-state index in [1.54, 1.807) is 6.21 Å². The van der Waals surface area contributed by atoms with E-state index in [9.17, 15) is 4.39 Å². The van der Waals surface area contributed by atoms with Crippen LogP contribution >= 0.6 is 11.6 Å². The van der Waals surface area contributed by atoms with Crippen molar-refractivity contribution in [1.82, 2.24) is 4.98 Å². The van der Waals surface area contributed by atoms with Gasteiger partial charge < -0.3 is 5.32 Å². The SMILES string of the molecule is C#Cc1cc(F)c(NC2=C3CCCCC3N=C2)nc1Cl. The van der Waals surface area contributed by atoms with Gasteiger partial charge in [-0.05, 0) is 30.9 Å². The first-order chi connectivity index (χ1) is 9.69. The number of aromatic nitrogens is 1. The van der Waals surface area contributed by atoms with Crippen molar-refractivity contribution in [2.24, 2.45) is 4.99 Å². The molecular weight excluding hydrogens is 277 g/mol. The molecule has 1 aromatic rings. The van der Waals surface area contributed by atoms with E-state index in [0.29, 0.717) is 0 Å². The number of anilines is 1. The van der Waals surface area contributed by atoms with Gasteiger partial charge in [0.05, 0.1) is 17.3 Å². The Morgan fingerprint density at radius 2 is 2.30 bits per heavy atom. The first-order valence-electron chi connectivity index (χ1n) is 6.55. The van der Waals surface area contributed by atoms with Crippen LogP contribution < -0.4 is 5.32 Å². The topological polar surface area (TPSA) is 37.3 Å². The molecule has 0 spiro atoms. The van der Waals surface area contributed by atoms with Crippen LogP contribution in [0, 0.1) is 18.2 Å². The number of nitrogens with zero attached hydrogens (tertiary/aromatic N) is 2. The number of nitrogens with one attached hydrogen (secondary N) is 1. The van der Waals surface area contributed by atoms with Crippen LogP contribution in [-0.4, -0.2) is 17.2 Å². The molecule has 1 unspecified atom stereocenters. The summed E-state index contributed by atoms with van der Waals surface area (Å²) in [4.78, 5) is 8.43. The van der Waals surface area contributed by atoms with E-state index in [2.05, 4.69) is 21.2 Å². The maximum atomic E-state index is 13.9. The molecule has 2 aliphatic rings. The van der Waals surface area contributed by atoms with E-state index >= 15 is 0 Å². The predicted octanol–water partition coefficient (Wildman–Crippen LogP) is 3.55. The number of pyridine rings is 1. The summed E-state index contributed by atoms with van der Waals surface area (Å²) in [5, 5.41) is 3.11. The molecule has 102 valence electrons. The van der Waals surface area contributed by atoms with Gasteiger partial charge in [-0.15, -0.1) is 6.42 Å². The number of fused-ring (bicyclic) bond motifs is 1. The minimum atomic E-state index is -0.511. The molecule has 1 aliphatic heterocycles. The standard InChI is InChI=1S/C15H13ClFN3/c1-2-9-7-11(17)15(20-14(9)16)19-13-8-18-12-6-4-3-5-10(12)13/h1,7-8,12H,3-6H2,(H,19,20). The Bertz CT molecular complexity index is 658. The van der Waals surface area contributed by atoms with Gasteiger partial charge in [-0.1, -0.05) is 23.9 Å². The van der Waals surface area contributed by atoms with E-state index in [0.717, 1.165) is 25.0 Å². The van der Waals surface area contributed by atoms with Gasteiger partial charge in [-0.3, -0.25) is 4.99 Å². The molecule has 1 atom stereocenters. The van der Waals surface area contributed by atoms with Crippen LogP contribution in [0.3, 0.4) is 0 Å². The van der Waals surface area contributed by atoms with Gasteiger partial charge in [0.1, 0.15) is 5.15 Å². The van der Waals surface area contributed by atoms with Crippen LogP contribution in [0.25, 0.3) is 0 Å². The van der Waals surface area contributed by atoms with Gasteiger partial charge in [0.2, 0.25) is 0 Å². The fourth-order valence-corrected chi connectivity index (χ4v) is 2.81. The average Bonchev–Trinajstić information content (AvgIpc) is 2.86. The molecule has 0 aromatic carbocycles. The van der Waals surface area contributed by atoms with Crippen LogP contribution in [-0.2, 0) is 0 Å². The van der Waals surface area contributed by atoms with Crippen molar-refractivity contribution in [2.75, 3.05) is 5.32 Å². The summed E-state index contributed by atoms with van der Waals surface area (Å²) >= 11 is 5.91. The van der Waals surface area contributed by atoms with Crippen molar-refractivity contribution in [3.63, 3.8) is 0 Å². The minimum absolute atomic E-state index is 0.0918. The summed E-state index contributed by atoms with van der Waals surface area (Å²) in [5.74, 6) is 1.88. The highest BCUT2D eigenvalue weighted by atomic mass is 35.5. The number of halogens is 2. The van der Waals surface area contributed by atoms with Gasteiger partial charge in [0, 0.05) is 6.21 Å². The van der Waals surface area contributed by atoms with Crippen LogP contribution in [0.1, 0.15) is 31.2 Å². The van der Waals surface area contributed by atoms with Gasteiger partial charge in [-0.2, -0.15) is 0 Å². The number of hydrogen-bond donors (Lipinski definition) is 1. The second-order valence-corrected chi connectivity index (χ2v) is 5.26. The number of allylic oxidation sites excluding steroid dienone is 1. The Hall–Kier alpha value is -1.86. The monoisotopic (exact) mass is 289 g/mol. The number of rotatable bonds is 2. The first kappa shape index (κ1) is 13.1. The van der Waals surface area contributed by atoms with Crippen LogP contribution in [0.5, 0.6) is 0 Å². The molecule has 5 heteroatoms. The molecule has 1 aromatic heterocycles. The Kier molecular flexibility index (Phi) is 3.45. The highest BCUT2D eigenvalue weighted by Gasteiger charge is 2.25. The molecule has 1 N–H and O–H groups in total. The highest BCUT2D eigenvalue weighted by molar-refractivity contribution is 6.30. The molecule has 0 saturated heterocycles. The third-order valence-corrected chi connectivity index (χ3v) is 3.93. The second kappa shape index (κ2) is 5.26. The molecular formula is C15H13ClFN3. The Balaban J connectivity index is 1.91. The van der Waals surface area contributed by atoms with Gasteiger partial charge in [0.15, 0.2) is 11.6 Å². The molecule has 0 radical (unpaired) electrons. The Morgan fingerprint density at radius 3 is 3.10 bits per heavy atom. The number of aliphatic imine (C=N–C) groups is 1. The second-order valence-electron chi connectivity index (χ2n) is 4.91. The van der Waals surface area contributed by atoms with E-state index in [4.69, 9.17) is 18.0 Å². The summed E-state index contributed by atoms with van der Waals surface area (Å²) in [6, 6.07) is 1.46. The van der Waals surface area contributed by atoms with Crippen molar-refractivity contribution in [1.29, 1.82) is 0 Å². The van der Waals surface area contributed by atoms with Crippen molar-refractivity contribution in [2.45, 2.75) is 31.7 Å².